The van der Waals surface area contributed by atoms with Crippen LogP contribution in [0.2, 0.25) is 0 Å². The summed E-state index contributed by atoms with van der Waals surface area (Å²) in [6.07, 6.45) is 7.49. The molecule has 1 amide bonds. The van der Waals surface area contributed by atoms with Crippen molar-refractivity contribution in [3.05, 3.63) is 129 Å². The maximum absolute atomic E-state index is 12.4. The fraction of sp³-hybridized carbons (Fsp3) is 0.167. The Morgan fingerprint density at radius 2 is 1.24 bits per heavy atom. The molecule has 6 rings (SSSR count). The molecule has 4 aromatic heterocycles. The first-order chi connectivity index (χ1) is 23.4. The Morgan fingerprint density at radius 3 is 1.80 bits per heavy atom. The molecule has 0 atom stereocenters. The lowest BCUT2D eigenvalue weighted by Crippen LogP contribution is -2.24. The number of carbonyl (C=O) groups excluding carboxylic acids is 2. The summed E-state index contributed by atoms with van der Waals surface area (Å²) in [5.74, 6) is -0.202. The summed E-state index contributed by atoms with van der Waals surface area (Å²) >= 11 is 6.74. The number of carbonyl (C=O) groups is 2. The quantitative estimate of drug-likeness (QED) is 0.105. The molecule has 2 aromatic carbocycles. The summed E-state index contributed by atoms with van der Waals surface area (Å²) in [5.41, 5.74) is 12.2. The van der Waals surface area contributed by atoms with Crippen molar-refractivity contribution in [1.29, 1.82) is 0 Å². The van der Waals surface area contributed by atoms with Crippen molar-refractivity contribution in [2.75, 3.05) is 23.7 Å². The van der Waals surface area contributed by atoms with E-state index in [9.17, 15) is 9.59 Å². The third kappa shape index (κ3) is 11.7. The van der Waals surface area contributed by atoms with Gasteiger partial charge in [-0.1, -0.05) is 36.4 Å². The van der Waals surface area contributed by atoms with Gasteiger partial charge >= 0.3 is 0 Å². The molecule has 0 aliphatic carbocycles. The zero-order valence-corrected chi connectivity index (χ0v) is 32.2. The molecule has 0 bridgehead atoms. The van der Waals surface area contributed by atoms with Crippen LogP contribution < -0.4 is 21.7 Å². The molecule has 0 spiro atoms. The smallest absolute Gasteiger partial charge is 0.270 e. The predicted molar refractivity (Wildman–Crippen MR) is 215 cm³/mol. The number of nitrogens with zero attached hydrogens (tertiary/aromatic N) is 4. The topological polar surface area (TPSA) is 148 Å². The molecule has 4 heterocycles. The number of nitrogens with one attached hydrogen (secondary N) is 3. The van der Waals surface area contributed by atoms with E-state index in [0.717, 1.165) is 67.1 Å². The number of anilines is 2. The molecule has 0 fully saturated rings. The summed E-state index contributed by atoms with van der Waals surface area (Å²) in [5, 5.41) is 11.3. The van der Waals surface area contributed by atoms with Crippen LogP contribution in [0.25, 0.3) is 21.8 Å². The molecule has 0 aliphatic heterocycles. The lowest BCUT2D eigenvalue weighted by atomic mass is 10.1. The summed E-state index contributed by atoms with van der Waals surface area (Å²) in [4.78, 5) is 39.5. The zero-order valence-electron chi connectivity index (χ0n) is 27.4. The second-order valence-corrected chi connectivity index (χ2v) is 11.9. The molecule has 14 heteroatoms. The third-order valence-electron chi connectivity index (χ3n) is 6.91. The van der Waals surface area contributed by atoms with Crippen molar-refractivity contribution in [1.82, 2.24) is 25.3 Å². The Morgan fingerprint density at radius 1 is 0.720 bits per heavy atom. The van der Waals surface area contributed by atoms with Crippen LogP contribution in [0.4, 0.5) is 11.4 Å². The van der Waals surface area contributed by atoms with E-state index in [0.29, 0.717) is 24.5 Å². The van der Waals surface area contributed by atoms with E-state index in [-0.39, 0.29) is 30.7 Å². The number of para-hydroxylation sites is 2. The van der Waals surface area contributed by atoms with Gasteiger partial charge in [-0.3, -0.25) is 19.6 Å². The first-order valence-corrected chi connectivity index (χ1v) is 16.8. The van der Waals surface area contributed by atoms with Gasteiger partial charge in [0, 0.05) is 73.1 Å². The minimum absolute atomic E-state index is 0. The molecule has 0 radical (unpaired) electrons. The molecular weight excluding hydrogens is 807 g/mol. The number of nitrogens with two attached hydrogens (primary N) is 1. The highest BCUT2D eigenvalue weighted by Crippen LogP contribution is 2.22. The second-order valence-electron chi connectivity index (χ2n) is 10.2. The molecule has 50 heavy (non-hydrogen) atoms. The van der Waals surface area contributed by atoms with Gasteiger partial charge in [0.15, 0.2) is 6.29 Å². The van der Waals surface area contributed by atoms with Gasteiger partial charge in [-0.05, 0) is 93.2 Å². The molecule has 0 saturated heterocycles. The van der Waals surface area contributed by atoms with Crippen LogP contribution in [0.3, 0.4) is 0 Å². The van der Waals surface area contributed by atoms with E-state index in [1.54, 1.807) is 36.9 Å². The van der Waals surface area contributed by atoms with Gasteiger partial charge in [0.25, 0.3) is 5.91 Å². The van der Waals surface area contributed by atoms with Crippen LogP contribution in [0.1, 0.15) is 46.0 Å². The SMILES string of the molecule is CCNc1ccccc1CN.CCNc1ccccc1CNC(=O)c1ccc2cncc(Br)c2n1.Cl.Cl.O=Cc1ccc2cncc(Br)c2n1. The van der Waals surface area contributed by atoms with E-state index in [1.165, 1.54) is 5.56 Å². The number of hydrogen-bond donors (Lipinski definition) is 4. The minimum Gasteiger partial charge on any atom is -0.385 e. The molecule has 0 aliphatic rings. The van der Waals surface area contributed by atoms with Gasteiger partial charge in [0.1, 0.15) is 11.4 Å². The fourth-order valence-corrected chi connectivity index (χ4v) is 5.46. The van der Waals surface area contributed by atoms with Crippen molar-refractivity contribution < 1.29 is 9.59 Å². The lowest BCUT2D eigenvalue weighted by molar-refractivity contribution is 0.0946. The molecular formula is C36H38Br2Cl2N8O2. The first kappa shape index (κ1) is 42.0. The van der Waals surface area contributed by atoms with Gasteiger partial charge in [-0.25, -0.2) is 9.97 Å². The number of benzene rings is 2. The minimum atomic E-state index is -0.202. The highest BCUT2D eigenvalue weighted by Gasteiger charge is 2.11. The summed E-state index contributed by atoms with van der Waals surface area (Å²) in [7, 11) is 0. The Labute approximate surface area is 320 Å². The summed E-state index contributed by atoms with van der Waals surface area (Å²) < 4.78 is 1.57. The Bertz CT molecular complexity index is 2000. The van der Waals surface area contributed by atoms with Crippen LogP contribution in [0.15, 0.2) is 107 Å². The number of fused-ring (bicyclic) bond motifs is 2. The molecule has 0 unspecified atom stereocenters. The average Bonchev–Trinajstić information content (AvgIpc) is 3.12. The van der Waals surface area contributed by atoms with Crippen LogP contribution in [0, 0.1) is 0 Å². The van der Waals surface area contributed by atoms with Gasteiger partial charge in [0.2, 0.25) is 0 Å². The molecule has 262 valence electrons. The monoisotopic (exact) mass is 842 g/mol. The number of aromatic nitrogens is 4. The van der Waals surface area contributed by atoms with Gasteiger partial charge < -0.3 is 21.7 Å². The van der Waals surface area contributed by atoms with Gasteiger partial charge in [-0.15, -0.1) is 24.8 Å². The summed E-state index contributed by atoms with van der Waals surface area (Å²) in [6, 6.07) is 23.1. The van der Waals surface area contributed by atoms with Crippen molar-refractivity contribution in [2.24, 2.45) is 5.73 Å². The van der Waals surface area contributed by atoms with E-state index < -0.39 is 0 Å². The Balaban J connectivity index is 0.000000282. The van der Waals surface area contributed by atoms with Gasteiger partial charge in [-0.2, -0.15) is 0 Å². The van der Waals surface area contributed by atoms with Crippen LogP contribution in [-0.4, -0.2) is 45.2 Å². The van der Waals surface area contributed by atoms with E-state index in [4.69, 9.17) is 5.73 Å². The van der Waals surface area contributed by atoms with Crippen LogP contribution >= 0.6 is 56.7 Å². The maximum Gasteiger partial charge on any atom is 0.270 e. The zero-order chi connectivity index (χ0) is 34.3. The standard InChI is InChI=1S/C18H17BrN4O.C9H5BrN2O.C9H14N2.2ClH/c1-2-21-15-6-4-3-5-12(15)10-22-18(24)16-8-7-13-9-20-11-14(19)17(13)23-16;10-8-4-11-3-6-1-2-7(5-13)12-9(6)8;1-2-11-9-6-4-3-5-8(9)7-10;;/h3-9,11,21H,2,10H2,1H3,(H,22,24);1-5H;3-6,11H,2,7,10H2,1H3;2*1H. The van der Waals surface area contributed by atoms with E-state index in [2.05, 4.69) is 74.7 Å². The van der Waals surface area contributed by atoms with Crippen molar-refractivity contribution in [3.63, 3.8) is 0 Å². The largest absolute Gasteiger partial charge is 0.385 e. The third-order valence-corrected chi connectivity index (χ3v) is 8.07. The fourth-order valence-electron chi connectivity index (χ4n) is 4.59. The van der Waals surface area contributed by atoms with Crippen LogP contribution in [0.5, 0.6) is 0 Å². The number of amides is 1. The average molecular weight is 845 g/mol. The molecule has 6 aromatic rings. The van der Waals surface area contributed by atoms with Gasteiger partial charge in [0.05, 0.1) is 20.0 Å². The Hall–Kier alpha value is -4.20. The van der Waals surface area contributed by atoms with Crippen molar-refractivity contribution in [2.45, 2.75) is 26.9 Å². The Kier molecular flexibility index (Phi) is 18.3. The lowest BCUT2D eigenvalue weighted by Gasteiger charge is -2.11. The van der Waals surface area contributed by atoms with E-state index in [1.807, 2.05) is 67.6 Å². The number of aldehydes is 1. The number of rotatable bonds is 9. The molecule has 10 nitrogen and oxygen atoms in total. The highest BCUT2D eigenvalue weighted by molar-refractivity contribution is 9.11. The van der Waals surface area contributed by atoms with E-state index >= 15 is 0 Å². The second kappa shape index (κ2) is 21.8. The highest BCUT2D eigenvalue weighted by atomic mass is 79.9. The number of hydrogen-bond acceptors (Lipinski definition) is 9. The van der Waals surface area contributed by atoms with Crippen LogP contribution in [-0.2, 0) is 13.1 Å². The first-order valence-electron chi connectivity index (χ1n) is 15.3. The molecule has 5 N–H and O–H groups in total. The number of pyridine rings is 4. The summed E-state index contributed by atoms with van der Waals surface area (Å²) in [6.45, 7) is 6.94. The number of halogens is 4. The van der Waals surface area contributed by atoms with Crippen molar-refractivity contribution >= 4 is 102 Å². The predicted octanol–water partition coefficient (Wildman–Crippen LogP) is 8.38. The molecule has 0 saturated carbocycles. The normalized spacial score (nSPS) is 9.86. The van der Waals surface area contributed by atoms with Crippen molar-refractivity contribution in [3.8, 4) is 0 Å². The maximum atomic E-state index is 12.4.